The number of halogens is 3. The summed E-state index contributed by atoms with van der Waals surface area (Å²) in [5.41, 5.74) is 1.03. The van der Waals surface area contributed by atoms with E-state index in [4.69, 9.17) is 5.11 Å². The highest BCUT2D eigenvalue weighted by Gasteiger charge is 2.09. The van der Waals surface area contributed by atoms with Gasteiger partial charge in [0.25, 0.3) is 0 Å². The number of hydrogen-bond donors (Lipinski definition) is 2. The maximum atomic E-state index is 13.5. The van der Waals surface area contributed by atoms with Gasteiger partial charge in [0.1, 0.15) is 11.6 Å². The zero-order valence-corrected chi connectivity index (χ0v) is 12.5. The monoisotopic (exact) mass is 328 g/mol. The number of aromatic nitrogens is 1. The van der Waals surface area contributed by atoms with Gasteiger partial charge in [-0.25, -0.2) is 18.2 Å². The normalized spacial score (nSPS) is 10.7. The van der Waals surface area contributed by atoms with Gasteiger partial charge in [-0.2, -0.15) is 11.8 Å². The van der Waals surface area contributed by atoms with Gasteiger partial charge in [-0.05, 0) is 23.8 Å². The van der Waals surface area contributed by atoms with Crippen molar-refractivity contribution >= 4 is 17.6 Å². The van der Waals surface area contributed by atoms with Crippen LogP contribution in [0.4, 0.5) is 19.0 Å². The van der Waals surface area contributed by atoms with Gasteiger partial charge < -0.3 is 10.4 Å². The molecule has 1 aromatic carbocycles. The Hall–Kier alpha value is -1.73. The Kier molecular flexibility index (Phi) is 6.09. The van der Waals surface area contributed by atoms with Gasteiger partial charge >= 0.3 is 0 Å². The number of thioether (sulfide) groups is 1. The predicted molar refractivity (Wildman–Crippen MR) is 81.1 cm³/mol. The number of benzene rings is 1. The zero-order chi connectivity index (χ0) is 15.9. The smallest absolute Gasteiger partial charge is 0.161 e. The molecule has 0 aliphatic heterocycles. The Morgan fingerprint density at radius 2 is 1.86 bits per heavy atom. The number of hydrogen-bond acceptors (Lipinski definition) is 4. The molecule has 22 heavy (non-hydrogen) atoms. The first-order chi connectivity index (χ1) is 10.6. The Labute approximate surface area is 130 Å². The maximum absolute atomic E-state index is 13.5. The molecule has 0 saturated carbocycles. The Balaban J connectivity index is 1.99. The third-order valence-corrected chi connectivity index (χ3v) is 3.89. The van der Waals surface area contributed by atoms with Gasteiger partial charge in [-0.15, -0.1) is 0 Å². The summed E-state index contributed by atoms with van der Waals surface area (Å²) in [6.45, 7) is 0.125. The van der Waals surface area contributed by atoms with Crippen molar-refractivity contribution in [2.75, 3.05) is 17.7 Å². The first kappa shape index (κ1) is 16.6. The van der Waals surface area contributed by atoms with Crippen molar-refractivity contribution in [2.24, 2.45) is 0 Å². The lowest BCUT2D eigenvalue weighted by molar-refractivity contribution is 0.322. The van der Waals surface area contributed by atoms with Crippen LogP contribution in [0, 0.1) is 17.5 Å². The van der Waals surface area contributed by atoms with E-state index in [1.807, 2.05) is 6.07 Å². The highest BCUT2D eigenvalue weighted by molar-refractivity contribution is 7.98. The zero-order valence-electron chi connectivity index (χ0n) is 11.7. The van der Waals surface area contributed by atoms with Crippen molar-refractivity contribution in [3.05, 3.63) is 59.0 Å². The van der Waals surface area contributed by atoms with Crippen LogP contribution in [0.5, 0.6) is 0 Å². The molecule has 1 heterocycles. The van der Waals surface area contributed by atoms with E-state index in [2.05, 4.69) is 10.3 Å². The van der Waals surface area contributed by atoms with Crippen LogP contribution in [0.25, 0.3) is 0 Å². The number of pyridine rings is 1. The number of nitrogens with one attached hydrogen (secondary N) is 1. The molecular formula is C15H15F3N2OS. The summed E-state index contributed by atoms with van der Waals surface area (Å²) >= 11 is 1.58. The molecule has 0 atom stereocenters. The predicted octanol–water partition coefficient (Wildman–Crippen LogP) is 3.34. The van der Waals surface area contributed by atoms with Gasteiger partial charge in [0.2, 0.25) is 0 Å². The minimum Gasteiger partial charge on any atom is -0.396 e. The number of rotatable bonds is 7. The number of nitrogens with zero attached hydrogens (tertiary/aromatic N) is 1. The quantitative estimate of drug-likeness (QED) is 0.604. The second-order valence-electron chi connectivity index (χ2n) is 4.54. The number of aliphatic hydroxyl groups excluding tert-OH is 1. The van der Waals surface area contributed by atoms with E-state index in [0.29, 0.717) is 17.6 Å². The van der Waals surface area contributed by atoms with Crippen molar-refractivity contribution in [3.8, 4) is 0 Å². The summed E-state index contributed by atoms with van der Waals surface area (Å²) in [5, 5.41) is 11.6. The van der Waals surface area contributed by atoms with Crippen molar-refractivity contribution in [1.82, 2.24) is 4.98 Å². The molecule has 0 spiro atoms. The highest BCUT2D eigenvalue weighted by Crippen LogP contribution is 2.17. The van der Waals surface area contributed by atoms with Gasteiger partial charge in [-0.3, -0.25) is 0 Å². The lowest BCUT2D eigenvalue weighted by Crippen LogP contribution is -2.05. The lowest BCUT2D eigenvalue weighted by atomic mass is 10.2. The molecule has 0 bridgehead atoms. The molecule has 0 saturated heterocycles. The summed E-state index contributed by atoms with van der Waals surface area (Å²) in [6.07, 6.45) is 1.61. The molecule has 1 aromatic heterocycles. The first-order valence-electron chi connectivity index (χ1n) is 6.61. The first-order valence-corrected chi connectivity index (χ1v) is 7.76. The lowest BCUT2D eigenvalue weighted by Gasteiger charge is -2.09. The molecule has 2 N–H and O–H groups in total. The summed E-state index contributed by atoms with van der Waals surface area (Å²) in [5.74, 6) is -1.21. The van der Waals surface area contributed by atoms with Crippen LogP contribution in [-0.4, -0.2) is 22.5 Å². The average molecular weight is 328 g/mol. The molecule has 0 amide bonds. The molecule has 2 rings (SSSR count). The molecule has 0 unspecified atom stereocenters. The van der Waals surface area contributed by atoms with E-state index in [1.54, 1.807) is 24.0 Å². The van der Waals surface area contributed by atoms with Crippen molar-refractivity contribution < 1.29 is 18.3 Å². The molecular weight excluding hydrogens is 313 g/mol. The summed E-state index contributed by atoms with van der Waals surface area (Å²) in [6, 6.07) is 5.00. The summed E-state index contributed by atoms with van der Waals surface area (Å²) in [4.78, 5) is 4.09. The molecule has 118 valence electrons. The third-order valence-electron chi connectivity index (χ3n) is 2.88. The fourth-order valence-corrected chi connectivity index (χ4v) is 2.49. The fourth-order valence-electron chi connectivity index (χ4n) is 1.80. The molecule has 0 fully saturated rings. The van der Waals surface area contributed by atoms with Crippen LogP contribution in [0.1, 0.15) is 11.1 Å². The number of aliphatic hydroxyl groups is 1. The SMILES string of the molecule is OCCSCc1ccnc(NCc2cc(F)c(F)cc2F)c1. The molecule has 2 aromatic rings. The van der Waals surface area contributed by atoms with E-state index in [9.17, 15) is 13.2 Å². The second-order valence-corrected chi connectivity index (χ2v) is 5.64. The van der Waals surface area contributed by atoms with Crippen molar-refractivity contribution in [2.45, 2.75) is 12.3 Å². The van der Waals surface area contributed by atoms with Crippen LogP contribution in [0.3, 0.4) is 0 Å². The van der Waals surface area contributed by atoms with Crippen molar-refractivity contribution in [1.29, 1.82) is 0 Å². The largest absolute Gasteiger partial charge is 0.396 e. The Bertz CT molecular complexity index is 640. The molecule has 0 radical (unpaired) electrons. The van der Waals surface area contributed by atoms with Gasteiger partial charge in [0, 0.05) is 35.9 Å². The van der Waals surface area contributed by atoms with Crippen LogP contribution >= 0.6 is 11.8 Å². The number of anilines is 1. The Morgan fingerprint density at radius 1 is 1.09 bits per heavy atom. The maximum Gasteiger partial charge on any atom is 0.161 e. The van der Waals surface area contributed by atoms with Crippen LogP contribution in [0.2, 0.25) is 0 Å². The van der Waals surface area contributed by atoms with E-state index in [1.165, 1.54) is 0 Å². The van der Waals surface area contributed by atoms with Gasteiger partial charge in [-0.1, -0.05) is 0 Å². The van der Waals surface area contributed by atoms with Crippen LogP contribution < -0.4 is 5.32 Å². The van der Waals surface area contributed by atoms with E-state index >= 15 is 0 Å². The minimum atomic E-state index is -1.21. The van der Waals surface area contributed by atoms with E-state index in [0.717, 1.165) is 17.4 Å². The molecule has 7 heteroatoms. The molecule has 0 aliphatic rings. The van der Waals surface area contributed by atoms with Gasteiger partial charge in [0.05, 0.1) is 6.61 Å². The van der Waals surface area contributed by atoms with E-state index < -0.39 is 17.5 Å². The van der Waals surface area contributed by atoms with Gasteiger partial charge in [0.15, 0.2) is 11.6 Å². The highest BCUT2D eigenvalue weighted by atomic mass is 32.2. The van der Waals surface area contributed by atoms with Crippen molar-refractivity contribution in [3.63, 3.8) is 0 Å². The molecule has 0 aliphatic carbocycles. The topological polar surface area (TPSA) is 45.2 Å². The fraction of sp³-hybridized carbons (Fsp3) is 0.267. The van der Waals surface area contributed by atoms with Crippen LogP contribution in [0.15, 0.2) is 30.5 Å². The average Bonchev–Trinajstić information content (AvgIpc) is 2.50. The standard InChI is InChI=1S/C15H15F3N2OS/c16-12-7-14(18)13(17)6-11(12)8-20-15-5-10(1-2-19-15)9-22-4-3-21/h1-2,5-7,21H,3-4,8-9H2,(H,19,20). The summed E-state index contributed by atoms with van der Waals surface area (Å²) in [7, 11) is 0. The minimum absolute atomic E-state index is 0.00324. The second kappa shape index (κ2) is 8.05. The Morgan fingerprint density at radius 3 is 2.64 bits per heavy atom. The van der Waals surface area contributed by atoms with Crippen LogP contribution in [-0.2, 0) is 12.3 Å². The van der Waals surface area contributed by atoms with E-state index in [-0.39, 0.29) is 18.7 Å². The third kappa shape index (κ3) is 4.64. The summed E-state index contributed by atoms with van der Waals surface area (Å²) < 4.78 is 39.5. The molecule has 3 nitrogen and oxygen atoms in total.